The summed E-state index contributed by atoms with van der Waals surface area (Å²) >= 11 is 0. The molecule has 0 radical (unpaired) electrons. The Hall–Kier alpha value is -4.27. The van der Waals surface area contributed by atoms with E-state index < -0.39 is 24.3 Å². The van der Waals surface area contributed by atoms with Crippen molar-refractivity contribution in [2.24, 2.45) is 5.92 Å². The topological polar surface area (TPSA) is 126 Å². The number of hydrogen-bond acceptors (Lipinski definition) is 6. The molecule has 3 atom stereocenters. The Labute approximate surface area is 246 Å². The second-order valence-corrected chi connectivity index (χ2v) is 10.3. The van der Waals surface area contributed by atoms with Crippen LogP contribution in [-0.2, 0) is 19.1 Å². The number of para-hydroxylation sites is 1. The molecule has 0 spiro atoms. The number of benzene rings is 2. The molecular weight excluding hydrogens is 534 g/mol. The molecule has 2 heterocycles. The van der Waals surface area contributed by atoms with Crippen LogP contribution in [0.15, 0.2) is 91.3 Å². The Morgan fingerprint density at radius 2 is 1.64 bits per heavy atom. The molecule has 8 heteroatoms. The van der Waals surface area contributed by atoms with Gasteiger partial charge >= 0.3 is 11.9 Å². The number of allylic oxidation sites excluding steroid dienone is 3. The summed E-state index contributed by atoms with van der Waals surface area (Å²) in [4.78, 5) is 26.2. The van der Waals surface area contributed by atoms with Crippen LogP contribution in [0.1, 0.15) is 79.6 Å². The van der Waals surface area contributed by atoms with Crippen LogP contribution in [0, 0.1) is 5.92 Å². The van der Waals surface area contributed by atoms with Crippen molar-refractivity contribution in [1.29, 1.82) is 0 Å². The van der Waals surface area contributed by atoms with E-state index in [0.717, 1.165) is 35.1 Å². The smallest absolute Gasteiger partial charge is 0.303 e. The summed E-state index contributed by atoms with van der Waals surface area (Å²) in [5.74, 6) is -1.56. The van der Waals surface area contributed by atoms with Crippen molar-refractivity contribution < 1.29 is 34.4 Å². The van der Waals surface area contributed by atoms with E-state index in [2.05, 4.69) is 11.1 Å². The quantitative estimate of drug-likeness (QED) is 0.138. The molecule has 0 aliphatic carbocycles. The monoisotopic (exact) mass is 571 g/mol. The van der Waals surface area contributed by atoms with Crippen LogP contribution in [0.4, 0.5) is 0 Å². The van der Waals surface area contributed by atoms with E-state index in [1.807, 2.05) is 60.7 Å². The number of phenols is 1. The molecular formula is C34H37NO7. The van der Waals surface area contributed by atoms with Crippen LogP contribution in [-0.4, -0.2) is 38.8 Å². The summed E-state index contributed by atoms with van der Waals surface area (Å²) in [5.41, 5.74) is 4.34. The minimum Gasteiger partial charge on any atom is -0.508 e. The van der Waals surface area contributed by atoms with Crippen LogP contribution < -0.4 is 0 Å². The van der Waals surface area contributed by atoms with Crippen molar-refractivity contribution in [3.05, 3.63) is 114 Å². The van der Waals surface area contributed by atoms with Gasteiger partial charge in [-0.1, -0.05) is 66.8 Å². The number of unbranched alkanes of at least 4 members (excludes halogenated alkanes) is 2. The standard InChI is InChI=1S/C34H37NO7/c36-30-17-11-10-16-29(30)33-25(14-6-2-8-18-31(37)38)23-41-34(42-33)27-20-26(21-35-22-27)28(24-12-4-1-5-13-24)15-7-3-9-19-32(39)40/h1-2,4-6,10-13,15-17,20-22,25,33-34,36H,3,7-9,14,18-19,23H2,(H,37,38)(H,39,40)/b6-2-,28-15+/t25-,33+,34+/m1/s1. The largest absolute Gasteiger partial charge is 0.508 e. The Bertz CT molecular complexity index is 1390. The molecule has 3 aromatic rings. The molecule has 8 nitrogen and oxygen atoms in total. The lowest BCUT2D eigenvalue weighted by molar-refractivity contribution is -0.244. The molecule has 1 fully saturated rings. The minimum atomic E-state index is -0.835. The molecule has 0 amide bonds. The molecule has 0 unspecified atom stereocenters. The third kappa shape index (κ3) is 8.86. The maximum atomic E-state index is 10.9. The lowest BCUT2D eigenvalue weighted by Crippen LogP contribution is -2.30. The molecule has 1 aromatic heterocycles. The highest BCUT2D eigenvalue weighted by Gasteiger charge is 2.35. The summed E-state index contributed by atoms with van der Waals surface area (Å²) < 4.78 is 12.7. The number of hydrogen-bond donors (Lipinski definition) is 3. The third-order valence-corrected chi connectivity index (χ3v) is 7.15. The van der Waals surface area contributed by atoms with Crippen LogP contribution in [0.2, 0.25) is 0 Å². The molecule has 42 heavy (non-hydrogen) atoms. The summed E-state index contributed by atoms with van der Waals surface area (Å²) in [6.45, 7) is 0.377. The minimum absolute atomic E-state index is 0.0736. The zero-order chi connectivity index (χ0) is 29.7. The Balaban J connectivity index is 1.55. The SMILES string of the molecule is O=C(O)CC/C=C\C[C@@H]1CO[C@H](c2cncc(/C(=C/CCCCC(=O)O)c3ccccc3)c2)O[C@@H]1c1ccccc1O. The average molecular weight is 572 g/mol. The highest BCUT2D eigenvalue weighted by atomic mass is 16.7. The van der Waals surface area contributed by atoms with E-state index in [-0.39, 0.29) is 24.5 Å². The number of aromatic hydroxyl groups is 1. The van der Waals surface area contributed by atoms with E-state index in [0.29, 0.717) is 31.4 Å². The first kappa shape index (κ1) is 30.7. The summed E-state index contributed by atoms with van der Waals surface area (Å²) in [5, 5.41) is 28.5. The number of carboxylic acids is 2. The highest BCUT2D eigenvalue weighted by molar-refractivity contribution is 5.79. The number of ether oxygens (including phenoxy) is 2. The molecule has 1 saturated heterocycles. The second kappa shape index (κ2) is 15.7. The lowest BCUT2D eigenvalue weighted by Gasteiger charge is -2.37. The van der Waals surface area contributed by atoms with Crippen molar-refractivity contribution in [2.45, 2.75) is 57.3 Å². The second-order valence-electron chi connectivity index (χ2n) is 10.3. The lowest BCUT2D eigenvalue weighted by atomic mass is 9.91. The van der Waals surface area contributed by atoms with Crippen molar-refractivity contribution in [1.82, 2.24) is 4.98 Å². The Kier molecular flexibility index (Phi) is 11.4. The van der Waals surface area contributed by atoms with E-state index in [9.17, 15) is 14.7 Å². The van der Waals surface area contributed by atoms with Gasteiger partial charge in [0, 0.05) is 47.8 Å². The molecule has 3 N–H and O–H groups in total. The van der Waals surface area contributed by atoms with Gasteiger partial charge < -0.3 is 24.8 Å². The number of aliphatic carboxylic acids is 2. The number of carbonyl (C=O) groups is 2. The molecule has 4 rings (SSSR count). The van der Waals surface area contributed by atoms with Gasteiger partial charge in [0.2, 0.25) is 0 Å². The molecule has 2 aromatic carbocycles. The van der Waals surface area contributed by atoms with Crippen molar-refractivity contribution >= 4 is 17.5 Å². The van der Waals surface area contributed by atoms with Crippen molar-refractivity contribution in [3.63, 3.8) is 0 Å². The van der Waals surface area contributed by atoms with Crippen molar-refractivity contribution in [3.8, 4) is 5.75 Å². The fraction of sp³-hybridized carbons (Fsp3) is 0.324. The third-order valence-electron chi connectivity index (χ3n) is 7.15. The first-order valence-electron chi connectivity index (χ1n) is 14.3. The first-order chi connectivity index (χ1) is 20.4. The molecule has 220 valence electrons. The number of pyridine rings is 1. The summed E-state index contributed by atoms with van der Waals surface area (Å²) in [6.07, 6.45) is 11.7. The summed E-state index contributed by atoms with van der Waals surface area (Å²) in [7, 11) is 0. The van der Waals surface area contributed by atoms with Gasteiger partial charge in [-0.05, 0) is 55.4 Å². The number of aromatic nitrogens is 1. The first-order valence-corrected chi connectivity index (χ1v) is 14.3. The van der Waals surface area contributed by atoms with Gasteiger partial charge in [0.1, 0.15) is 5.75 Å². The van der Waals surface area contributed by atoms with Gasteiger partial charge in [0.15, 0.2) is 6.29 Å². The zero-order valence-corrected chi connectivity index (χ0v) is 23.5. The van der Waals surface area contributed by atoms with Gasteiger partial charge in [-0.15, -0.1) is 0 Å². The van der Waals surface area contributed by atoms with Gasteiger partial charge in [-0.25, -0.2) is 0 Å². The van der Waals surface area contributed by atoms with Gasteiger partial charge in [0.05, 0.1) is 12.7 Å². The predicted molar refractivity (Wildman–Crippen MR) is 159 cm³/mol. The van der Waals surface area contributed by atoms with Crippen LogP contribution in [0.25, 0.3) is 5.57 Å². The fourth-order valence-corrected chi connectivity index (χ4v) is 5.02. The van der Waals surface area contributed by atoms with Gasteiger partial charge in [-0.2, -0.15) is 0 Å². The van der Waals surface area contributed by atoms with Crippen LogP contribution in [0.5, 0.6) is 5.75 Å². The maximum absolute atomic E-state index is 10.9. The predicted octanol–water partition coefficient (Wildman–Crippen LogP) is 7.08. The number of nitrogens with zero attached hydrogens (tertiary/aromatic N) is 1. The van der Waals surface area contributed by atoms with Crippen LogP contribution >= 0.6 is 0 Å². The normalized spacial score (nSPS) is 19.1. The van der Waals surface area contributed by atoms with E-state index in [4.69, 9.17) is 19.7 Å². The summed E-state index contributed by atoms with van der Waals surface area (Å²) in [6, 6.07) is 19.1. The van der Waals surface area contributed by atoms with E-state index >= 15 is 0 Å². The molecule has 1 aliphatic heterocycles. The molecule has 1 aliphatic rings. The number of rotatable bonds is 14. The average Bonchev–Trinajstić information content (AvgIpc) is 2.99. The van der Waals surface area contributed by atoms with E-state index in [1.165, 1.54) is 0 Å². The van der Waals surface area contributed by atoms with E-state index in [1.54, 1.807) is 24.5 Å². The van der Waals surface area contributed by atoms with Crippen LogP contribution in [0.3, 0.4) is 0 Å². The highest BCUT2D eigenvalue weighted by Crippen LogP contribution is 2.42. The number of phenolic OH excluding ortho intramolecular Hbond substituents is 1. The number of carboxylic acid groups (broad SMARTS) is 2. The zero-order valence-electron chi connectivity index (χ0n) is 23.5. The molecule has 0 bridgehead atoms. The van der Waals surface area contributed by atoms with Gasteiger partial charge in [-0.3, -0.25) is 14.6 Å². The maximum Gasteiger partial charge on any atom is 0.303 e. The van der Waals surface area contributed by atoms with Gasteiger partial charge in [0.25, 0.3) is 0 Å². The molecule has 0 saturated carbocycles. The Morgan fingerprint density at radius 1 is 0.881 bits per heavy atom. The Morgan fingerprint density at radius 3 is 2.40 bits per heavy atom. The van der Waals surface area contributed by atoms with Crippen molar-refractivity contribution in [2.75, 3.05) is 6.61 Å². The fourth-order valence-electron chi connectivity index (χ4n) is 5.02.